The normalized spacial score (nSPS) is 11.6. The highest BCUT2D eigenvalue weighted by atomic mass is 19.4. The van der Waals surface area contributed by atoms with Crippen molar-refractivity contribution in [3.63, 3.8) is 0 Å². The fraction of sp³-hybridized carbons (Fsp3) is 0.444. The molecule has 0 atom stereocenters. The lowest BCUT2D eigenvalue weighted by Crippen LogP contribution is -2.29. The van der Waals surface area contributed by atoms with Crippen molar-refractivity contribution in [2.24, 2.45) is 0 Å². The van der Waals surface area contributed by atoms with E-state index in [-0.39, 0.29) is 5.56 Å². The van der Waals surface area contributed by atoms with Crippen LogP contribution in [0.3, 0.4) is 0 Å². The van der Waals surface area contributed by atoms with Crippen LogP contribution in [0.2, 0.25) is 0 Å². The number of hydroxylamine groups is 1. The topological polar surface area (TPSA) is 51.5 Å². The van der Waals surface area contributed by atoms with E-state index in [4.69, 9.17) is 4.42 Å². The summed E-state index contributed by atoms with van der Waals surface area (Å²) in [6.07, 6.45) is -4.48. The third kappa shape index (κ3) is 3.58. The molecule has 0 aliphatic heterocycles. The Morgan fingerprint density at radius 1 is 1.50 bits per heavy atom. The van der Waals surface area contributed by atoms with E-state index in [0.29, 0.717) is 11.5 Å². The van der Waals surface area contributed by atoms with Crippen LogP contribution in [-0.4, -0.2) is 18.7 Å². The van der Waals surface area contributed by atoms with Gasteiger partial charge in [-0.1, -0.05) is 0 Å². The van der Waals surface area contributed by atoms with E-state index in [9.17, 15) is 18.0 Å². The van der Waals surface area contributed by atoms with Gasteiger partial charge in [-0.25, -0.2) is 5.48 Å². The summed E-state index contributed by atoms with van der Waals surface area (Å²) in [7, 11) is 0. The summed E-state index contributed by atoms with van der Waals surface area (Å²) >= 11 is 0. The van der Waals surface area contributed by atoms with E-state index in [1.807, 2.05) is 0 Å². The molecule has 0 bridgehead atoms. The third-order valence-corrected chi connectivity index (χ3v) is 1.69. The molecular weight excluding hydrogens is 227 g/mol. The average molecular weight is 237 g/mol. The number of hydrogen-bond acceptors (Lipinski definition) is 3. The summed E-state index contributed by atoms with van der Waals surface area (Å²) in [5.41, 5.74) is 1.84. The molecule has 1 amide bonds. The van der Waals surface area contributed by atoms with E-state index in [2.05, 4.69) is 4.84 Å². The number of alkyl halides is 3. The van der Waals surface area contributed by atoms with Crippen molar-refractivity contribution in [2.75, 3.05) is 6.61 Å². The van der Waals surface area contributed by atoms with Crippen LogP contribution in [0.15, 0.2) is 10.5 Å². The molecule has 0 fully saturated rings. The molecule has 0 spiro atoms. The molecule has 4 nitrogen and oxygen atoms in total. The highest BCUT2D eigenvalue weighted by Gasteiger charge is 2.28. The summed E-state index contributed by atoms with van der Waals surface area (Å²) in [4.78, 5) is 15.3. The number of amides is 1. The van der Waals surface area contributed by atoms with Gasteiger partial charge in [-0.3, -0.25) is 9.63 Å². The van der Waals surface area contributed by atoms with Crippen LogP contribution >= 0.6 is 0 Å². The Balaban J connectivity index is 2.51. The van der Waals surface area contributed by atoms with Crippen molar-refractivity contribution < 1.29 is 27.2 Å². The van der Waals surface area contributed by atoms with Crippen molar-refractivity contribution in [1.82, 2.24) is 5.48 Å². The maximum atomic E-state index is 11.7. The van der Waals surface area contributed by atoms with E-state index >= 15 is 0 Å². The molecule has 0 saturated carbocycles. The van der Waals surface area contributed by atoms with Gasteiger partial charge < -0.3 is 4.42 Å². The lowest BCUT2D eigenvalue weighted by Gasteiger charge is -2.07. The summed E-state index contributed by atoms with van der Waals surface area (Å²) in [6, 6.07) is 1.42. The number of furan rings is 1. The van der Waals surface area contributed by atoms with Crippen LogP contribution in [0.5, 0.6) is 0 Å². The largest absolute Gasteiger partial charge is 0.466 e. The summed E-state index contributed by atoms with van der Waals surface area (Å²) < 4.78 is 40.1. The lowest BCUT2D eigenvalue weighted by atomic mass is 10.2. The highest BCUT2D eigenvalue weighted by Crippen LogP contribution is 2.15. The Morgan fingerprint density at radius 2 is 2.12 bits per heavy atom. The minimum atomic E-state index is -4.48. The zero-order chi connectivity index (χ0) is 12.3. The summed E-state index contributed by atoms with van der Waals surface area (Å²) in [5.74, 6) is 0.0580. The number of rotatable bonds is 3. The first-order chi connectivity index (χ1) is 7.29. The third-order valence-electron chi connectivity index (χ3n) is 1.69. The average Bonchev–Trinajstić information content (AvgIpc) is 2.43. The Morgan fingerprint density at radius 3 is 2.56 bits per heavy atom. The SMILES string of the molecule is Cc1cc(C(=O)NOCC(F)(F)F)c(C)o1. The molecule has 16 heavy (non-hydrogen) atoms. The van der Waals surface area contributed by atoms with Crippen molar-refractivity contribution in [2.45, 2.75) is 20.0 Å². The number of carbonyl (C=O) groups excluding carboxylic acids is 1. The molecular formula is C9H10F3NO3. The predicted molar refractivity (Wildman–Crippen MR) is 47.7 cm³/mol. The number of aryl methyl sites for hydroxylation is 2. The molecule has 7 heteroatoms. The Hall–Kier alpha value is -1.50. The van der Waals surface area contributed by atoms with E-state index in [1.165, 1.54) is 13.0 Å². The smallest absolute Gasteiger partial charge is 0.414 e. The van der Waals surface area contributed by atoms with Crippen LogP contribution in [-0.2, 0) is 4.84 Å². The van der Waals surface area contributed by atoms with Gasteiger partial charge in [0.25, 0.3) is 5.91 Å². The maximum absolute atomic E-state index is 11.7. The zero-order valence-electron chi connectivity index (χ0n) is 8.64. The number of halogens is 3. The van der Waals surface area contributed by atoms with Crippen LogP contribution in [0.4, 0.5) is 13.2 Å². The second kappa shape index (κ2) is 4.56. The second-order valence-electron chi connectivity index (χ2n) is 3.16. The van der Waals surface area contributed by atoms with Crippen molar-refractivity contribution >= 4 is 5.91 Å². The molecule has 1 N–H and O–H groups in total. The van der Waals surface area contributed by atoms with Gasteiger partial charge in [0.05, 0.1) is 5.56 Å². The van der Waals surface area contributed by atoms with Gasteiger partial charge in [-0.15, -0.1) is 0 Å². The summed E-state index contributed by atoms with van der Waals surface area (Å²) in [5, 5.41) is 0. The molecule has 1 rings (SSSR count). The van der Waals surface area contributed by atoms with Gasteiger partial charge in [0, 0.05) is 0 Å². The van der Waals surface area contributed by atoms with E-state index in [0.717, 1.165) is 0 Å². The van der Waals surface area contributed by atoms with E-state index < -0.39 is 18.7 Å². The fourth-order valence-corrected chi connectivity index (χ4v) is 1.09. The van der Waals surface area contributed by atoms with Crippen molar-refractivity contribution in [1.29, 1.82) is 0 Å². The monoisotopic (exact) mass is 237 g/mol. The fourth-order valence-electron chi connectivity index (χ4n) is 1.09. The molecule has 0 unspecified atom stereocenters. The molecule has 1 aromatic heterocycles. The first-order valence-electron chi connectivity index (χ1n) is 4.35. The van der Waals surface area contributed by atoms with Crippen LogP contribution in [0.1, 0.15) is 21.9 Å². The van der Waals surface area contributed by atoms with Crippen molar-refractivity contribution in [3.8, 4) is 0 Å². The molecule has 0 aromatic carbocycles. The Kier molecular flexibility index (Phi) is 3.58. The van der Waals surface area contributed by atoms with Crippen LogP contribution < -0.4 is 5.48 Å². The highest BCUT2D eigenvalue weighted by molar-refractivity contribution is 5.94. The lowest BCUT2D eigenvalue weighted by molar-refractivity contribution is -0.184. The second-order valence-corrected chi connectivity index (χ2v) is 3.16. The Bertz CT molecular complexity index is 384. The quantitative estimate of drug-likeness (QED) is 0.819. The molecule has 1 heterocycles. The van der Waals surface area contributed by atoms with E-state index in [1.54, 1.807) is 12.4 Å². The molecule has 0 aliphatic carbocycles. The molecule has 0 radical (unpaired) electrons. The zero-order valence-corrected chi connectivity index (χ0v) is 8.64. The molecule has 90 valence electrons. The van der Waals surface area contributed by atoms with Crippen molar-refractivity contribution in [3.05, 3.63) is 23.2 Å². The van der Waals surface area contributed by atoms with Gasteiger partial charge >= 0.3 is 6.18 Å². The first-order valence-corrected chi connectivity index (χ1v) is 4.35. The van der Waals surface area contributed by atoms with Gasteiger partial charge in [-0.05, 0) is 19.9 Å². The number of hydrogen-bond donors (Lipinski definition) is 1. The number of nitrogens with one attached hydrogen (secondary N) is 1. The van der Waals surface area contributed by atoms with Gasteiger partial charge in [0.2, 0.25) is 0 Å². The van der Waals surface area contributed by atoms with Crippen LogP contribution in [0, 0.1) is 13.8 Å². The molecule has 1 aromatic rings. The summed E-state index contributed by atoms with van der Waals surface area (Å²) in [6.45, 7) is 1.63. The maximum Gasteiger partial charge on any atom is 0.414 e. The minimum absolute atomic E-state index is 0.152. The van der Waals surface area contributed by atoms with Gasteiger partial charge in [0.15, 0.2) is 6.61 Å². The van der Waals surface area contributed by atoms with Gasteiger partial charge in [0.1, 0.15) is 11.5 Å². The standard InChI is InChI=1S/C9H10F3NO3/c1-5-3-7(6(2)16-5)8(14)13-15-4-9(10,11)12/h3H,4H2,1-2H3,(H,13,14). The first kappa shape index (κ1) is 12.6. The van der Waals surface area contributed by atoms with Gasteiger partial charge in [-0.2, -0.15) is 13.2 Å². The predicted octanol–water partition coefficient (Wildman–Crippen LogP) is 2.12. The minimum Gasteiger partial charge on any atom is -0.466 e. The molecule has 0 aliphatic rings. The van der Waals surface area contributed by atoms with Crippen LogP contribution in [0.25, 0.3) is 0 Å². The Labute approximate surface area is 89.3 Å². The molecule has 0 saturated heterocycles. The number of carbonyl (C=O) groups is 1.